The van der Waals surface area contributed by atoms with Crippen LogP contribution in [0.15, 0.2) is 12.1 Å². The molecule has 102 valence electrons. The van der Waals surface area contributed by atoms with Crippen molar-refractivity contribution < 1.29 is 14.3 Å². The van der Waals surface area contributed by atoms with Gasteiger partial charge in [0.15, 0.2) is 10.4 Å². The molecule has 0 spiro atoms. The van der Waals surface area contributed by atoms with Crippen LogP contribution in [0.2, 0.25) is 0 Å². The van der Waals surface area contributed by atoms with Gasteiger partial charge in [-0.25, -0.2) is 4.79 Å². The van der Waals surface area contributed by atoms with Crippen molar-refractivity contribution >= 4 is 29.4 Å². The summed E-state index contributed by atoms with van der Waals surface area (Å²) in [5, 5.41) is 0. The summed E-state index contributed by atoms with van der Waals surface area (Å²) >= 11 is 5.23. The number of carbonyl (C=O) groups is 1. The minimum atomic E-state index is -0.541. The van der Waals surface area contributed by atoms with E-state index in [1.165, 1.54) is 7.11 Å². The first-order chi connectivity index (χ1) is 9.08. The van der Waals surface area contributed by atoms with Gasteiger partial charge in [-0.15, -0.1) is 0 Å². The average Bonchev–Trinajstić information content (AvgIpc) is 2.72. The summed E-state index contributed by atoms with van der Waals surface area (Å²) in [4.78, 5) is 19.2. The molecule has 0 fully saturated rings. The zero-order chi connectivity index (χ0) is 14.0. The highest BCUT2D eigenvalue weighted by molar-refractivity contribution is 7.71. The molecule has 0 bridgehead atoms. The van der Waals surface area contributed by atoms with Crippen molar-refractivity contribution in [3.8, 4) is 5.88 Å². The quantitative estimate of drug-likeness (QED) is 0.687. The second-order valence-corrected chi connectivity index (χ2v) is 4.34. The van der Waals surface area contributed by atoms with Gasteiger partial charge >= 0.3 is 5.97 Å². The van der Waals surface area contributed by atoms with Gasteiger partial charge in [0, 0.05) is 6.07 Å². The van der Waals surface area contributed by atoms with Crippen molar-refractivity contribution in [2.45, 2.75) is 19.9 Å². The topological polar surface area (TPSA) is 69.1 Å². The van der Waals surface area contributed by atoms with Crippen LogP contribution in [0.3, 0.4) is 0 Å². The lowest BCUT2D eigenvalue weighted by Crippen LogP contribution is -2.19. The fourth-order valence-corrected chi connectivity index (χ4v) is 2.18. The number of hydrogen-bond donors (Lipinski definition) is 1. The van der Waals surface area contributed by atoms with Crippen LogP contribution in [0.5, 0.6) is 5.88 Å². The Morgan fingerprint density at radius 1 is 1.58 bits per heavy atom. The van der Waals surface area contributed by atoms with Gasteiger partial charge in [-0.05, 0) is 32.1 Å². The van der Waals surface area contributed by atoms with E-state index < -0.39 is 6.04 Å². The number of nitrogens with one attached hydrogen (secondary N) is 1. The molecule has 2 aromatic rings. The van der Waals surface area contributed by atoms with Crippen molar-refractivity contribution in [3.63, 3.8) is 0 Å². The van der Waals surface area contributed by atoms with Crippen LogP contribution in [0.1, 0.15) is 19.9 Å². The Morgan fingerprint density at radius 2 is 2.32 bits per heavy atom. The van der Waals surface area contributed by atoms with E-state index in [1.807, 2.05) is 6.07 Å². The molecule has 6 nitrogen and oxygen atoms in total. The Balaban J connectivity index is 2.55. The standard InChI is InChI=1S/C12H15N3O3S/c1-4-18-11(16)7(2)15-10-8(13-12(15)19)5-6-9(14-10)17-3/h5-7H,4H2,1-3H3,(H,13,19). The average molecular weight is 281 g/mol. The molecule has 2 heterocycles. The summed E-state index contributed by atoms with van der Waals surface area (Å²) in [5.74, 6) is 0.121. The van der Waals surface area contributed by atoms with Gasteiger partial charge in [0.25, 0.3) is 0 Å². The lowest BCUT2D eigenvalue weighted by Gasteiger charge is -2.12. The largest absolute Gasteiger partial charge is 0.481 e. The monoisotopic (exact) mass is 281 g/mol. The molecular weight excluding hydrogens is 266 g/mol. The number of aromatic nitrogens is 3. The van der Waals surface area contributed by atoms with E-state index in [1.54, 1.807) is 24.5 Å². The minimum Gasteiger partial charge on any atom is -0.481 e. The van der Waals surface area contributed by atoms with E-state index in [0.29, 0.717) is 22.9 Å². The molecule has 0 saturated heterocycles. The Bertz CT molecular complexity index is 662. The van der Waals surface area contributed by atoms with E-state index in [4.69, 9.17) is 21.7 Å². The number of imidazole rings is 1. The van der Waals surface area contributed by atoms with Crippen LogP contribution < -0.4 is 4.74 Å². The molecule has 0 aliphatic carbocycles. The first-order valence-corrected chi connectivity index (χ1v) is 6.31. The maximum absolute atomic E-state index is 11.8. The number of rotatable bonds is 4. The van der Waals surface area contributed by atoms with Crippen LogP contribution in [-0.2, 0) is 9.53 Å². The molecule has 0 saturated carbocycles. The molecule has 1 unspecified atom stereocenters. The molecule has 2 rings (SSSR count). The fraction of sp³-hybridized carbons (Fsp3) is 0.417. The number of carbonyl (C=O) groups excluding carboxylic acids is 1. The molecule has 0 aliphatic rings. The highest BCUT2D eigenvalue weighted by Crippen LogP contribution is 2.21. The van der Waals surface area contributed by atoms with Gasteiger partial charge in [-0.3, -0.25) is 4.57 Å². The molecule has 1 N–H and O–H groups in total. The van der Waals surface area contributed by atoms with Crippen molar-refractivity contribution in [1.82, 2.24) is 14.5 Å². The molecule has 0 aromatic carbocycles. The van der Waals surface area contributed by atoms with Crippen LogP contribution in [-0.4, -0.2) is 34.2 Å². The van der Waals surface area contributed by atoms with Crippen molar-refractivity contribution in [2.24, 2.45) is 0 Å². The molecule has 7 heteroatoms. The highest BCUT2D eigenvalue weighted by Gasteiger charge is 2.20. The Morgan fingerprint density at radius 3 is 2.95 bits per heavy atom. The number of methoxy groups -OCH3 is 1. The fourth-order valence-electron chi connectivity index (χ4n) is 1.83. The van der Waals surface area contributed by atoms with Gasteiger partial charge in [0.1, 0.15) is 6.04 Å². The van der Waals surface area contributed by atoms with E-state index in [-0.39, 0.29) is 5.97 Å². The first kappa shape index (κ1) is 13.5. The summed E-state index contributed by atoms with van der Waals surface area (Å²) in [7, 11) is 1.54. The van der Waals surface area contributed by atoms with Gasteiger partial charge in [0.2, 0.25) is 5.88 Å². The minimum absolute atomic E-state index is 0.329. The second kappa shape index (κ2) is 5.40. The van der Waals surface area contributed by atoms with Crippen molar-refractivity contribution in [2.75, 3.05) is 13.7 Å². The summed E-state index contributed by atoms with van der Waals surface area (Å²) in [6.07, 6.45) is 0. The van der Waals surface area contributed by atoms with Gasteiger partial charge in [-0.2, -0.15) is 4.98 Å². The molecule has 0 radical (unpaired) electrons. The first-order valence-electron chi connectivity index (χ1n) is 5.90. The molecule has 0 amide bonds. The Labute approximate surface area is 115 Å². The molecule has 19 heavy (non-hydrogen) atoms. The number of hydrogen-bond acceptors (Lipinski definition) is 5. The Kier molecular flexibility index (Phi) is 3.84. The number of aromatic amines is 1. The highest BCUT2D eigenvalue weighted by atomic mass is 32.1. The number of nitrogens with zero attached hydrogens (tertiary/aromatic N) is 2. The predicted octanol–water partition coefficient (Wildman–Crippen LogP) is 2.23. The van der Waals surface area contributed by atoms with Crippen LogP contribution >= 0.6 is 12.2 Å². The number of ether oxygens (including phenoxy) is 2. The maximum atomic E-state index is 11.8. The van der Waals surface area contributed by atoms with Gasteiger partial charge in [-0.1, -0.05) is 0 Å². The van der Waals surface area contributed by atoms with E-state index in [0.717, 1.165) is 5.52 Å². The van der Waals surface area contributed by atoms with E-state index in [9.17, 15) is 4.79 Å². The van der Waals surface area contributed by atoms with Crippen LogP contribution in [0, 0.1) is 4.77 Å². The number of pyridine rings is 1. The normalized spacial score (nSPS) is 12.4. The molecule has 2 aromatic heterocycles. The predicted molar refractivity (Wildman–Crippen MR) is 72.8 cm³/mol. The summed E-state index contributed by atoms with van der Waals surface area (Å²) in [5.41, 5.74) is 1.33. The maximum Gasteiger partial charge on any atom is 0.328 e. The van der Waals surface area contributed by atoms with Crippen molar-refractivity contribution in [1.29, 1.82) is 0 Å². The second-order valence-electron chi connectivity index (χ2n) is 3.95. The third-order valence-corrected chi connectivity index (χ3v) is 3.06. The summed E-state index contributed by atoms with van der Waals surface area (Å²) in [6.45, 7) is 3.82. The van der Waals surface area contributed by atoms with E-state index >= 15 is 0 Å². The van der Waals surface area contributed by atoms with E-state index in [2.05, 4.69) is 9.97 Å². The lowest BCUT2D eigenvalue weighted by molar-refractivity contribution is -0.146. The Hall–Kier alpha value is -1.89. The third-order valence-electron chi connectivity index (χ3n) is 2.76. The number of fused-ring (bicyclic) bond motifs is 1. The summed E-state index contributed by atoms with van der Waals surface area (Å²) in [6, 6.07) is 3.00. The van der Waals surface area contributed by atoms with Crippen LogP contribution in [0.25, 0.3) is 11.2 Å². The number of H-pyrrole nitrogens is 1. The smallest absolute Gasteiger partial charge is 0.328 e. The van der Waals surface area contributed by atoms with Crippen molar-refractivity contribution in [3.05, 3.63) is 16.9 Å². The zero-order valence-electron chi connectivity index (χ0n) is 11.0. The zero-order valence-corrected chi connectivity index (χ0v) is 11.8. The molecular formula is C12H15N3O3S. The molecule has 1 atom stereocenters. The number of esters is 1. The van der Waals surface area contributed by atoms with Crippen LogP contribution in [0.4, 0.5) is 0 Å². The lowest BCUT2D eigenvalue weighted by atomic mass is 10.3. The van der Waals surface area contributed by atoms with Gasteiger partial charge in [0.05, 0.1) is 19.2 Å². The summed E-state index contributed by atoms with van der Waals surface area (Å²) < 4.78 is 12.2. The molecule has 0 aliphatic heterocycles. The third kappa shape index (κ3) is 2.46. The van der Waals surface area contributed by atoms with Gasteiger partial charge < -0.3 is 14.5 Å². The SMILES string of the molecule is CCOC(=O)C(C)n1c(=S)[nH]c2ccc(OC)nc21.